The Labute approximate surface area is 146 Å². The average molecular weight is 367 g/mol. The van der Waals surface area contributed by atoms with Crippen LogP contribution < -0.4 is 5.73 Å². The number of carbonyl (C=O) groups excluding carboxylic acids is 1. The van der Waals surface area contributed by atoms with Crippen molar-refractivity contribution in [2.45, 2.75) is 70.6 Å². The van der Waals surface area contributed by atoms with E-state index in [-0.39, 0.29) is 18.8 Å². The lowest BCUT2D eigenvalue weighted by atomic mass is 10.0. The van der Waals surface area contributed by atoms with Crippen molar-refractivity contribution in [2.24, 2.45) is 11.7 Å². The van der Waals surface area contributed by atoms with E-state index in [1.54, 1.807) is 6.92 Å². The van der Waals surface area contributed by atoms with Crippen molar-refractivity contribution in [1.82, 2.24) is 0 Å². The number of allylic oxidation sites excluding steroid dienone is 1. The highest BCUT2D eigenvalue weighted by Crippen LogP contribution is 2.22. The third kappa shape index (κ3) is 8.69. The molecule has 0 saturated carbocycles. The topological polar surface area (TPSA) is 70.8 Å². The molecule has 0 radical (unpaired) electrons. The van der Waals surface area contributed by atoms with Gasteiger partial charge in [0.25, 0.3) is 0 Å². The predicted molar refractivity (Wildman–Crippen MR) is 86.9 cm³/mol. The van der Waals surface area contributed by atoms with Gasteiger partial charge in [0.1, 0.15) is 18.2 Å². The van der Waals surface area contributed by atoms with Crippen LogP contribution in [0.25, 0.3) is 0 Å². The number of ether oxygens (including phenoxy) is 3. The first-order valence-corrected chi connectivity index (χ1v) is 8.54. The molecular weight excluding hydrogens is 339 g/mol. The second kappa shape index (κ2) is 10.1. The van der Waals surface area contributed by atoms with Crippen LogP contribution >= 0.6 is 0 Å². The van der Waals surface area contributed by atoms with Gasteiger partial charge in [0.05, 0.1) is 12.7 Å². The number of halogens is 3. The molecule has 1 rings (SSSR count). The van der Waals surface area contributed by atoms with Crippen LogP contribution in [0.15, 0.2) is 12.2 Å². The molecule has 1 saturated heterocycles. The van der Waals surface area contributed by atoms with Gasteiger partial charge in [-0.2, -0.15) is 13.2 Å². The SMILES string of the molecule is CC(C)CO[C@H]1CCC[C@H](N)C(=O)O[C@@H](C)[C@@H]1OCC=CC(F)(F)F. The highest BCUT2D eigenvalue weighted by Gasteiger charge is 2.34. The lowest BCUT2D eigenvalue weighted by molar-refractivity contribution is -0.166. The summed E-state index contributed by atoms with van der Waals surface area (Å²) in [5.41, 5.74) is 5.77. The molecule has 0 bridgehead atoms. The maximum Gasteiger partial charge on any atom is 0.409 e. The van der Waals surface area contributed by atoms with E-state index >= 15 is 0 Å². The van der Waals surface area contributed by atoms with Gasteiger partial charge in [-0.3, -0.25) is 4.79 Å². The predicted octanol–water partition coefficient (Wildman–Crippen LogP) is 2.97. The molecule has 0 spiro atoms. The Hall–Kier alpha value is -1.12. The number of alkyl halides is 3. The molecule has 1 fully saturated rings. The van der Waals surface area contributed by atoms with E-state index in [0.29, 0.717) is 31.8 Å². The number of cyclic esters (lactones) is 1. The summed E-state index contributed by atoms with van der Waals surface area (Å²) in [5, 5.41) is 0. The molecule has 0 aromatic rings. The minimum Gasteiger partial charge on any atom is -0.459 e. The molecule has 1 aliphatic rings. The first kappa shape index (κ1) is 21.9. The summed E-state index contributed by atoms with van der Waals surface area (Å²) in [4.78, 5) is 11.9. The standard InChI is InChI=1S/C17H28F3NO4/c1-11(2)10-24-14-7-4-6-13(21)16(22)25-12(3)15(14)23-9-5-8-17(18,19)20/h5,8,11-15H,4,6-7,9-10,21H2,1-3H3/t12-,13-,14-,15-/m0/s1. The maximum absolute atomic E-state index is 12.2. The Kier molecular flexibility index (Phi) is 8.88. The zero-order valence-corrected chi connectivity index (χ0v) is 14.9. The molecule has 1 heterocycles. The Morgan fingerprint density at radius 3 is 2.60 bits per heavy atom. The number of carbonyl (C=O) groups is 1. The monoisotopic (exact) mass is 367 g/mol. The highest BCUT2D eigenvalue weighted by atomic mass is 19.4. The smallest absolute Gasteiger partial charge is 0.409 e. The first-order valence-electron chi connectivity index (χ1n) is 8.54. The van der Waals surface area contributed by atoms with Gasteiger partial charge in [0.15, 0.2) is 0 Å². The summed E-state index contributed by atoms with van der Waals surface area (Å²) in [6.07, 6.45) is -3.38. The fourth-order valence-electron chi connectivity index (χ4n) is 2.55. The van der Waals surface area contributed by atoms with Crippen molar-refractivity contribution in [3.63, 3.8) is 0 Å². The molecular formula is C17H28F3NO4. The van der Waals surface area contributed by atoms with E-state index in [1.807, 2.05) is 13.8 Å². The van der Waals surface area contributed by atoms with Crippen LogP contribution in [0.4, 0.5) is 13.2 Å². The van der Waals surface area contributed by atoms with E-state index in [4.69, 9.17) is 19.9 Å². The van der Waals surface area contributed by atoms with Crippen molar-refractivity contribution in [2.75, 3.05) is 13.2 Å². The third-order valence-electron chi connectivity index (χ3n) is 3.77. The molecule has 0 aromatic heterocycles. The van der Waals surface area contributed by atoms with E-state index < -0.39 is 30.4 Å². The van der Waals surface area contributed by atoms with Crippen molar-refractivity contribution >= 4 is 5.97 Å². The van der Waals surface area contributed by atoms with Gasteiger partial charge in [-0.05, 0) is 32.1 Å². The van der Waals surface area contributed by atoms with Crippen molar-refractivity contribution in [1.29, 1.82) is 0 Å². The number of rotatable bonds is 6. The molecule has 0 aromatic carbocycles. The maximum atomic E-state index is 12.2. The lowest BCUT2D eigenvalue weighted by Gasteiger charge is -2.31. The molecule has 8 heteroatoms. The second-order valence-corrected chi connectivity index (χ2v) is 6.69. The lowest BCUT2D eigenvalue weighted by Crippen LogP contribution is -2.43. The average Bonchev–Trinajstić information content (AvgIpc) is 2.53. The van der Waals surface area contributed by atoms with Gasteiger partial charge in [-0.1, -0.05) is 19.9 Å². The summed E-state index contributed by atoms with van der Waals surface area (Å²) < 4.78 is 53.4. The third-order valence-corrected chi connectivity index (χ3v) is 3.77. The Morgan fingerprint density at radius 1 is 1.32 bits per heavy atom. The molecule has 0 unspecified atom stereocenters. The quantitative estimate of drug-likeness (QED) is 0.577. The van der Waals surface area contributed by atoms with Crippen LogP contribution in [0.2, 0.25) is 0 Å². The molecule has 0 amide bonds. The number of esters is 1. The zero-order valence-electron chi connectivity index (χ0n) is 14.9. The van der Waals surface area contributed by atoms with Crippen molar-refractivity contribution < 1.29 is 32.2 Å². The summed E-state index contributed by atoms with van der Waals surface area (Å²) >= 11 is 0. The van der Waals surface area contributed by atoms with Crippen molar-refractivity contribution in [3.05, 3.63) is 12.2 Å². The van der Waals surface area contributed by atoms with E-state index in [0.717, 1.165) is 6.08 Å². The van der Waals surface area contributed by atoms with Gasteiger partial charge in [0, 0.05) is 12.7 Å². The Morgan fingerprint density at radius 2 is 2.00 bits per heavy atom. The minimum absolute atomic E-state index is 0.124. The van der Waals surface area contributed by atoms with Gasteiger partial charge in [0.2, 0.25) is 0 Å². The van der Waals surface area contributed by atoms with Gasteiger partial charge in [-0.15, -0.1) is 0 Å². The van der Waals surface area contributed by atoms with Crippen LogP contribution in [-0.4, -0.2) is 49.7 Å². The zero-order chi connectivity index (χ0) is 19.0. The van der Waals surface area contributed by atoms with Crippen LogP contribution in [0.3, 0.4) is 0 Å². The van der Waals surface area contributed by atoms with Crippen molar-refractivity contribution in [3.8, 4) is 0 Å². The first-order chi connectivity index (χ1) is 11.6. The second-order valence-electron chi connectivity index (χ2n) is 6.69. The summed E-state index contributed by atoms with van der Waals surface area (Å²) in [5.74, 6) is -0.241. The van der Waals surface area contributed by atoms with Crippen LogP contribution in [0, 0.1) is 5.92 Å². The number of hydrogen-bond acceptors (Lipinski definition) is 5. The number of nitrogens with two attached hydrogens (primary N) is 1. The largest absolute Gasteiger partial charge is 0.459 e. The van der Waals surface area contributed by atoms with Crippen LogP contribution in [0.5, 0.6) is 0 Å². The fourth-order valence-corrected chi connectivity index (χ4v) is 2.55. The fraction of sp³-hybridized carbons (Fsp3) is 0.824. The van der Waals surface area contributed by atoms with E-state index in [9.17, 15) is 18.0 Å². The van der Waals surface area contributed by atoms with Crippen LogP contribution in [-0.2, 0) is 19.0 Å². The molecule has 5 nitrogen and oxygen atoms in total. The molecule has 4 atom stereocenters. The Balaban J connectivity index is 2.82. The van der Waals surface area contributed by atoms with E-state index in [2.05, 4.69) is 0 Å². The molecule has 1 aliphatic heterocycles. The minimum atomic E-state index is -4.39. The highest BCUT2D eigenvalue weighted by molar-refractivity contribution is 5.75. The molecule has 2 N–H and O–H groups in total. The summed E-state index contributed by atoms with van der Waals surface area (Å²) in [7, 11) is 0. The molecule has 0 aliphatic carbocycles. The summed E-state index contributed by atoms with van der Waals surface area (Å²) in [6.45, 7) is 5.86. The van der Waals surface area contributed by atoms with Crippen LogP contribution in [0.1, 0.15) is 40.0 Å². The molecule has 25 heavy (non-hydrogen) atoms. The number of hydrogen-bond donors (Lipinski definition) is 1. The van der Waals surface area contributed by atoms with Gasteiger partial charge < -0.3 is 19.9 Å². The van der Waals surface area contributed by atoms with E-state index in [1.165, 1.54) is 0 Å². The van der Waals surface area contributed by atoms with Gasteiger partial charge >= 0.3 is 12.1 Å². The molecule has 146 valence electrons. The normalized spacial score (nSPS) is 29.4. The summed E-state index contributed by atoms with van der Waals surface area (Å²) in [6, 6.07) is -0.711. The van der Waals surface area contributed by atoms with Gasteiger partial charge in [-0.25, -0.2) is 0 Å². The Bertz CT molecular complexity index is 440.